The summed E-state index contributed by atoms with van der Waals surface area (Å²) in [6.45, 7) is 10.1. The van der Waals surface area contributed by atoms with Gasteiger partial charge in [-0.25, -0.2) is 4.79 Å². The second-order valence-electron chi connectivity index (χ2n) is 4.88. The molecule has 2 rings (SSSR count). The SMILES string of the molecule is CCN1CCN(Cc2cc(C(=O)OC)c(C)o2)CC1. The zero-order valence-corrected chi connectivity index (χ0v) is 11.9. The summed E-state index contributed by atoms with van der Waals surface area (Å²) in [4.78, 5) is 16.3. The Hall–Kier alpha value is -1.33. The van der Waals surface area contributed by atoms with Crippen molar-refractivity contribution in [3.8, 4) is 0 Å². The summed E-state index contributed by atoms with van der Waals surface area (Å²) in [5.41, 5.74) is 0.532. The van der Waals surface area contributed by atoms with E-state index in [1.54, 1.807) is 13.0 Å². The van der Waals surface area contributed by atoms with Crippen LogP contribution in [0, 0.1) is 6.92 Å². The van der Waals surface area contributed by atoms with E-state index in [0.29, 0.717) is 11.3 Å². The molecule has 1 aromatic rings. The van der Waals surface area contributed by atoms with Gasteiger partial charge in [0.15, 0.2) is 0 Å². The standard InChI is InChI=1S/C14H22N2O3/c1-4-15-5-7-16(8-6-15)10-12-9-13(11(2)19-12)14(17)18-3/h9H,4-8,10H2,1-3H3. The largest absolute Gasteiger partial charge is 0.465 e. The molecule has 1 aromatic heterocycles. The summed E-state index contributed by atoms with van der Waals surface area (Å²) in [6.07, 6.45) is 0. The molecule has 0 unspecified atom stereocenters. The lowest BCUT2D eigenvalue weighted by atomic mass is 10.2. The van der Waals surface area contributed by atoms with Crippen molar-refractivity contribution in [2.75, 3.05) is 39.8 Å². The molecule has 0 spiro atoms. The molecule has 0 N–H and O–H groups in total. The van der Waals surface area contributed by atoms with E-state index in [4.69, 9.17) is 9.15 Å². The zero-order valence-electron chi connectivity index (χ0n) is 11.9. The molecule has 1 saturated heterocycles. The van der Waals surface area contributed by atoms with Gasteiger partial charge in [0, 0.05) is 26.2 Å². The van der Waals surface area contributed by atoms with Gasteiger partial charge in [-0.15, -0.1) is 0 Å². The van der Waals surface area contributed by atoms with E-state index in [-0.39, 0.29) is 5.97 Å². The summed E-state index contributed by atoms with van der Waals surface area (Å²) in [7, 11) is 1.39. The Bertz CT molecular complexity index is 434. The van der Waals surface area contributed by atoms with E-state index < -0.39 is 0 Å². The average Bonchev–Trinajstić information content (AvgIpc) is 2.79. The highest BCUT2D eigenvalue weighted by Crippen LogP contribution is 2.18. The second kappa shape index (κ2) is 6.21. The first-order valence-corrected chi connectivity index (χ1v) is 6.76. The van der Waals surface area contributed by atoms with E-state index in [1.165, 1.54) is 7.11 Å². The number of carbonyl (C=O) groups is 1. The number of ether oxygens (including phenoxy) is 1. The summed E-state index contributed by atoms with van der Waals surface area (Å²) >= 11 is 0. The van der Waals surface area contributed by atoms with Crippen LogP contribution in [0.1, 0.15) is 28.8 Å². The van der Waals surface area contributed by atoms with Crippen LogP contribution in [0.2, 0.25) is 0 Å². The Morgan fingerprint density at radius 3 is 2.53 bits per heavy atom. The molecule has 0 radical (unpaired) electrons. The minimum Gasteiger partial charge on any atom is -0.465 e. The van der Waals surface area contributed by atoms with Gasteiger partial charge in [0.1, 0.15) is 17.1 Å². The molecule has 2 heterocycles. The Morgan fingerprint density at radius 2 is 1.95 bits per heavy atom. The Kier molecular flexibility index (Phi) is 4.61. The maximum Gasteiger partial charge on any atom is 0.341 e. The molecule has 19 heavy (non-hydrogen) atoms. The summed E-state index contributed by atoms with van der Waals surface area (Å²) in [6, 6.07) is 1.80. The van der Waals surface area contributed by atoms with Crippen LogP contribution in [0.4, 0.5) is 0 Å². The zero-order chi connectivity index (χ0) is 13.8. The lowest BCUT2D eigenvalue weighted by Gasteiger charge is -2.33. The predicted octanol–water partition coefficient (Wildman–Crippen LogP) is 1.51. The van der Waals surface area contributed by atoms with Gasteiger partial charge in [-0.1, -0.05) is 6.92 Å². The third-order valence-corrected chi connectivity index (χ3v) is 3.67. The molecule has 0 amide bonds. The molecule has 1 fully saturated rings. The fourth-order valence-corrected chi connectivity index (χ4v) is 2.42. The first-order chi connectivity index (χ1) is 9.13. The molecule has 1 aliphatic rings. The molecule has 0 saturated carbocycles. The quantitative estimate of drug-likeness (QED) is 0.773. The fourth-order valence-electron chi connectivity index (χ4n) is 2.42. The van der Waals surface area contributed by atoms with Gasteiger partial charge in [-0.2, -0.15) is 0 Å². The number of furan rings is 1. The van der Waals surface area contributed by atoms with Crippen molar-refractivity contribution in [2.24, 2.45) is 0 Å². The van der Waals surface area contributed by atoms with Gasteiger partial charge in [0.05, 0.1) is 13.7 Å². The maximum atomic E-state index is 11.5. The summed E-state index contributed by atoms with van der Waals surface area (Å²) in [5, 5.41) is 0. The molecule has 0 atom stereocenters. The highest BCUT2D eigenvalue weighted by Gasteiger charge is 2.19. The smallest absolute Gasteiger partial charge is 0.341 e. The van der Waals surface area contributed by atoms with Crippen molar-refractivity contribution in [2.45, 2.75) is 20.4 Å². The van der Waals surface area contributed by atoms with Crippen molar-refractivity contribution in [3.05, 3.63) is 23.2 Å². The molecular weight excluding hydrogens is 244 g/mol. The number of aryl methyl sites for hydroxylation is 1. The number of piperazine rings is 1. The van der Waals surface area contributed by atoms with Crippen molar-refractivity contribution >= 4 is 5.97 Å². The number of hydrogen-bond acceptors (Lipinski definition) is 5. The maximum absolute atomic E-state index is 11.5. The van der Waals surface area contributed by atoms with Crippen LogP contribution in [-0.4, -0.2) is 55.6 Å². The van der Waals surface area contributed by atoms with E-state index in [1.807, 2.05) is 0 Å². The number of nitrogens with zero attached hydrogens (tertiary/aromatic N) is 2. The third kappa shape index (κ3) is 3.36. The first-order valence-electron chi connectivity index (χ1n) is 6.76. The fraction of sp³-hybridized carbons (Fsp3) is 0.643. The first kappa shape index (κ1) is 14.1. The minimum absolute atomic E-state index is 0.330. The molecule has 0 aliphatic carbocycles. The van der Waals surface area contributed by atoms with Crippen LogP contribution in [0.5, 0.6) is 0 Å². The lowest BCUT2D eigenvalue weighted by molar-refractivity contribution is 0.0599. The monoisotopic (exact) mass is 266 g/mol. The molecule has 0 bridgehead atoms. The molecule has 0 aromatic carbocycles. The molecule has 1 aliphatic heterocycles. The molecule has 5 heteroatoms. The van der Waals surface area contributed by atoms with E-state index in [2.05, 4.69) is 16.7 Å². The molecule has 5 nitrogen and oxygen atoms in total. The van der Waals surface area contributed by atoms with Crippen LogP contribution in [0.25, 0.3) is 0 Å². The Morgan fingerprint density at radius 1 is 1.32 bits per heavy atom. The van der Waals surface area contributed by atoms with Crippen LogP contribution >= 0.6 is 0 Å². The minimum atomic E-state index is -0.330. The topological polar surface area (TPSA) is 45.9 Å². The highest BCUT2D eigenvalue weighted by atomic mass is 16.5. The molecular formula is C14H22N2O3. The van der Waals surface area contributed by atoms with E-state index in [9.17, 15) is 4.79 Å². The number of hydrogen-bond donors (Lipinski definition) is 0. The van der Waals surface area contributed by atoms with Crippen LogP contribution in [-0.2, 0) is 11.3 Å². The van der Waals surface area contributed by atoms with Crippen molar-refractivity contribution < 1.29 is 13.9 Å². The van der Waals surface area contributed by atoms with Crippen LogP contribution in [0.3, 0.4) is 0 Å². The normalized spacial score (nSPS) is 17.6. The van der Waals surface area contributed by atoms with Crippen molar-refractivity contribution in [3.63, 3.8) is 0 Å². The van der Waals surface area contributed by atoms with Crippen molar-refractivity contribution in [1.29, 1.82) is 0 Å². The van der Waals surface area contributed by atoms with Crippen molar-refractivity contribution in [1.82, 2.24) is 9.80 Å². The van der Waals surface area contributed by atoms with Gasteiger partial charge in [-0.05, 0) is 19.5 Å². The number of likely N-dealkylation sites (N-methyl/N-ethyl adjacent to an activating group) is 1. The van der Waals surface area contributed by atoms with Gasteiger partial charge < -0.3 is 14.1 Å². The number of methoxy groups -OCH3 is 1. The Balaban J connectivity index is 1.95. The number of carbonyl (C=O) groups excluding carboxylic acids is 1. The van der Waals surface area contributed by atoms with Crippen LogP contribution < -0.4 is 0 Å². The summed E-state index contributed by atoms with van der Waals surface area (Å²) in [5.74, 6) is 1.14. The highest BCUT2D eigenvalue weighted by molar-refractivity contribution is 5.90. The van der Waals surface area contributed by atoms with Gasteiger partial charge in [0.25, 0.3) is 0 Å². The average molecular weight is 266 g/mol. The van der Waals surface area contributed by atoms with E-state index >= 15 is 0 Å². The van der Waals surface area contributed by atoms with Gasteiger partial charge >= 0.3 is 5.97 Å². The van der Waals surface area contributed by atoms with Crippen LogP contribution in [0.15, 0.2) is 10.5 Å². The molecule has 106 valence electrons. The summed E-state index contributed by atoms with van der Waals surface area (Å²) < 4.78 is 10.4. The number of esters is 1. The second-order valence-corrected chi connectivity index (χ2v) is 4.88. The van der Waals surface area contributed by atoms with Gasteiger partial charge in [0.2, 0.25) is 0 Å². The third-order valence-electron chi connectivity index (χ3n) is 3.67. The Labute approximate surface area is 114 Å². The number of rotatable bonds is 4. The predicted molar refractivity (Wildman–Crippen MR) is 72.2 cm³/mol. The lowest BCUT2D eigenvalue weighted by Crippen LogP contribution is -2.45. The van der Waals surface area contributed by atoms with E-state index in [0.717, 1.165) is 45.0 Å². The van der Waals surface area contributed by atoms with Gasteiger partial charge in [-0.3, -0.25) is 4.90 Å².